The van der Waals surface area contributed by atoms with Crippen LogP contribution in [0.25, 0.3) is 21.9 Å². The first-order valence-corrected chi connectivity index (χ1v) is 10.3. The summed E-state index contributed by atoms with van der Waals surface area (Å²) in [7, 11) is 0. The minimum absolute atomic E-state index is 0.0355. The highest BCUT2D eigenvalue weighted by Crippen LogP contribution is 2.43. The number of para-hydroxylation sites is 1. The number of aromatic carboxylic acids is 1. The second-order valence-corrected chi connectivity index (χ2v) is 7.92. The number of hydrogen-bond donors (Lipinski definition) is 1. The Balaban J connectivity index is 1.81. The number of nitro benzene ring substituents is 1. The second-order valence-electron chi connectivity index (χ2n) is 7.92. The molecule has 0 bridgehead atoms. The minimum Gasteiger partial charge on any atom is -0.478 e. The maximum absolute atomic E-state index is 13.5. The van der Waals surface area contributed by atoms with E-state index in [2.05, 4.69) is 0 Å². The summed E-state index contributed by atoms with van der Waals surface area (Å²) in [5.41, 5.74) is 1.79. The predicted molar refractivity (Wildman–Crippen MR) is 125 cm³/mol. The Morgan fingerprint density at radius 1 is 0.912 bits per heavy atom. The van der Waals surface area contributed by atoms with Gasteiger partial charge in [0.2, 0.25) is 0 Å². The van der Waals surface area contributed by atoms with Crippen molar-refractivity contribution in [3.63, 3.8) is 0 Å². The topological polar surface area (TPSA) is 118 Å². The number of benzene rings is 4. The van der Waals surface area contributed by atoms with Crippen molar-refractivity contribution in [2.24, 2.45) is 0 Å². The van der Waals surface area contributed by atoms with Gasteiger partial charge in [-0.1, -0.05) is 42.5 Å². The summed E-state index contributed by atoms with van der Waals surface area (Å²) < 4.78 is 0. The Morgan fingerprint density at radius 3 is 2.24 bits per heavy atom. The Hall–Kier alpha value is -4.85. The number of imide groups is 1. The maximum Gasteiger partial charge on any atom is 0.335 e. The molecular formula is C26H16N2O6. The van der Waals surface area contributed by atoms with E-state index in [0.717, 1.165) is 4.90 Å². The summed E-state index contributed by atoms with van der Waals surface area (Å²) >= 11 is 0. The molecule has 4 aromatic carbocycles. The number of carbonyl (C=O) groups is 3. The van der Waals surface area contributed by atoms with Gasteiger partial charge in [-0.3, -0.25) is 19.7 Å². The van der Waals surface area contributed by atoms with Gasteiger partial charge in [-0.2, -0.15) is 0 Å². The minimum atomic E-state index is -1.12. The first-order valence-electron chi connectivity index (χ1n) is 10.3. The van der Waals surface area contributed by atoms with Gasteiger partial charge in [0, 0.05) is 17.0 Å². The molecule has 1 aliphatic rings. The van der Waals surface area contributed by atoms with Crippen LogP contribution in [-0.2, 0) is 0 Å². The Morgan fingerprint density at radius 2 is 1.59 bits per heavy atom. The molecule has 1 N–H and O–H groups in total. The fourth-order valence-corrected chi connectivity index (χ4v) is 4.41. The highest BCUT2D eigenvalue weighted by Gasteiger charge is 2.37. The van der Waals surface area contributed by atoms with E-state index in [-0.39, 0.29) is 27.9 Å². The third kappa shape index (κ3) is 3.04. The van der Waals surface area contributed by atoms with Crippen LogP contribution in [0.2, 0.25) is 0 Å². The van der Waals surface area contributed by atoms with Gasteiger partial charge in [-0.15, -0.1) is 0 Å². The van der Waals surface area contributed by atoms with Crippen LogP contribution in [-0.4, -0.2) is 27.8 Å². The van der Waals surface area contributed by atoms with E-state index < -0.39 is 22.7 Å². The number of anilines is 1. The number of rotatable bonds is 4. The van der Waals surface area contributed by atoms with E-state index in [4.69, 9.17) is 0 Å². The van der Waals surface area contributed by atoms with Crippen LogP contribution in [0.3, 0.4) is 0 Å². The largest absolute Gasteiger partial charge is 0.478 e. The molecule has 8 heteroatoms. The molecule has 0 saturated heterocycles. The van der Waals surface area contributed by atoms with Crippen molar-refractivity contribution in [1.82, 2.24) is 0 Å². The number of nitrogens with zero attached hydrogens (tertiary/aromatic N) is 2. The lowest BCUT2D eigenvalue weighted by Crippen LogP contribution is -2.41. The summed E-state index contributed by atoms with van der Waals surface area (Å²) in [5, 5.41) is 22.0. The first kappa shape index (κ1) is 21.0. The zero-order chi connectivity index (χ0) is 24.1. The summed E-state index contributed by atoms with van der Waals surface area (Å²) in [4.78, 5) is 50.8. The van der Waals surface area contributed by atoms with Gasteiger partial charge in [-0.05, 0) is 47.7 Å². The van der Waals surface area contributed by atoms with Crippen LogP contribution < -0.4 is 4.90 Å². The molecule has 0 radical (unpaired) electrons. The highest BCUT2D eigenvalue weighted by molar-refractivity contribution is 6.37. The van der Waals surface area contributed by atoms with Crippen LogP contribution >= 0.6 is 0 Å². The van der Waals surface area contributed by atoms with Crippen LogP contribution in [0.5, 0.6) is 0 Å². The van der Waals surface area contributed by atoms with E-state index in [1.165, 1.54) is 30.3 Å². The van der Waals surface area contributed by atoms with Crippen LogP contribution in [0.4, 0.5) is 11.4 Å². The van der Waals surface area contributed by atoms with Crippen LogP contribution in [0.1, 0.15) is 36.6 Å². The zero-order valence-corrected chi connectivity index (χ0v) is 17.8. The van der Waals surface area contributed by atoms with Gasteiger partial charge in [0.25, 0.3) is 17.5 Å². The van der Waals surface area contributed by atoms with E-state index in [1.807, 2.05) is 0 Å². The number of amides is 2. The third-order valence-corrected chi connectivity index (χ3v) is 5.98. The number of aryl methyl sites for hydroxylation is 1. The quantitative estimate of drug-likeness (QED) is 0.258. The lowest BCUT2D eigenvalue weighted by atomic mass is 9.87. The number of nitro groups is 1. The third-order valence-electron chi connectivity index (χ3n) is 5.98. The van der Waals surface area contributed by atoms with Crippen molar-refractivity contribution in [2.45, 2.75) is 6.92 Å². The lowest BCUT2D eigenvalue weighted by Gasteiger charge is -2.28. The van der Waals surface area contributed by atoms with Crippen molar-refractivity contribution in [2.75, 3.05) is 4.90 Å². The van der Waals surface area contributed by atoms with Gasteiger partial charge in [-0.25, -0.2) is 9.69 Å². The Bertz CT molecular complexity index is 1560. The molecule has 0 spiro atoms. The first-order chi connectivity index (χ1) is 16.3. The molecule has 1 aliphatic heterocycles. The SMILES string of the molecule is Cc1ccccc1N1C(=O)c2cccc3c(-c4ccc(C(=O)O)cc4)c([N+](=O)[O-])cc(c23)C1=O. The molecule has 34 heavy (non-hydrogen) atoms. The van der Waals surface area contributed by atoms with Crippen molar-refractivity contribution >= 4 is 39.9 Å². The average molecular weight is 452 g/mol. The van der Waals surface area contributed by atoms with Gasteiger partial charge < -0.3 is 5.11 Å². The monoisotopic (exact) mass is 452 g/mol. The van der Waals surface area contributed by atoms with Gasteiger partial charge in [0.05, 0.1) is 27.3 Å². The zero-order valence-electron chi connectivity index (χ0n) is 17.8. The molecule has 0 fully saturated rings. The molecule has 0 atom stereocenters. The molecule has 166 valence electrons. The molecular weight excluding hydrogens is 436 g/mol. The summed E-state index contributed by atoms with van der Waals surface area (Å²) in [6.07, 6.45) is 0. The molecule has 1 heterocycles. The van der Waals surface area contributed by atoms with Crippen molar-refractivity contribution < 1.29 is 24.4 Å². The predicted octanol–water partition coefficient (Wildman–Crippen LogP) is 5.22. The number of hydrogen-bond acceptors (Lipinski definition) is 5. The van der Waals surface area contributed by atoms with Crippen LogP contribution in [0, 0.1) is 17.0 Å². The van der Waals surface area contributed by atoms with E-state index in [1.54, 1.807) is 49.4 Å². The Kier molecular flexibility index (Phi) is 4.72. The average Bonchev–Trinajstić information content (AvgIpc) is 2.83. The normalized spacial score (nSPS) is 12.8. The van der Waals surface area contributed by atoms with Crippen LogP contribution in [0.15, 0.2) is 72.8 Å². The fourth-order valence-electron chi connectivity index (χ4n) is 4.41. The van der Waals surface area contributed by atoms with Gasteiger partial charge >= 0.3 is 5.97 Å². The van der Waals surface area contributed by atoms with Crippen molar-refractivity contribution in [3.8, 4) is 11.1 Å². The standard InChI is InChI=1S/C26H16N2O6/c1-14-5-2-3-8-20(14)27-24(29)18-7-4-6-17-22(15-9-11-16(12-10-15)26(31)32)21(28(33)34)13-19(23(17)18)25(27)30/h2-13H,1H3,(H,31,32). The smallest absolute Gasteiger partial charge is 0.335 e. The second kappa shape index (κ2) is 7.63. The lowest BCUT2D eigenvalue weighted by molar-refractivity contribution is -0.384. The summed E-state index contributed by atoms with van der Waals surface area (Å²) in [6, 6.07) is 18.6. The molecule has 0 unspecified atom stereocenters. The summed E-state index contributed by atoms with van der Waals surface area (Å²) in [5.74, 6) is -2.28. The molecule has 2 amide bonds. The fraction of sp³-hybridized carbons (Fsp3) is 0.0385. The van der Waals surface area contributed by atoms with E-state index >= 15 is 0 Å². The Labute approximate surface area is 192 Å². The number of carboxylic acid groups (broad SMARTS) is 1. The number of carboxylic acids is 1. The number of carbonyl (C=O) groups excluding carboxylic acids is 2. The van der Waals surface area contributed by atoms with E-state index in [0.29, 0.717) is 27.6 Å². The van der Waals surface area contributed by atoms with Gasteiger partial charge in [0.1, 0.15) is 0 Å². The van der Waals surface area contributed by atoms with Crippen molar-refractivity contribution in [3.05, 3.63) is 105 Å². The highest BCUT2D eigenvalue weighted by atomic mass is 16.6. The molecule has 8 nitrogen and oxygen atoms in total. The molecule has 4 aromatic rings. The molecule has 0 aromatic heterocycles. The molecule has 0 aliphatic carbocycles. The van der Waals surface area contributed by atoms with Crippen molar-refractivity contribution in [1.29, 1.82) is 0 Å². The molecule has 5 rings (SSSR count). The van der Waals surface area contributed by atoms with Gasteiger partial charge in [0.15, 0.2) is 0 Å². The maximum atomic E-state index is 13.5. The van der Waals surface area contributed by atoms with E-state index in [9.17, 15) is 29.6 Å². The summed E-state index contributed by atoms with van der Waals surface area (Å²) in [6.45, 7) is 1.78. The molecule has 0 saturated carbocycles.